The van der Waals surface area contributed by atoms with Crippen molar-refractivity contribution >= 4 is 39.5 Å². The minimum atomic E-state index is -5.75. The Labute approximate surface area is 151 Å². The number of halogens is 3. The molecule has 0 aliphatic heterocycles. The zero-order valence-corrected chi connectivity index (χ0v) is 16.3. The molecule has 0 bridgehead atoms. The number of carbonyl (C=O) groups is 1. The third kappa shape index (κ3) is 5.28. The van der Waals surface area contributed by atoms with Gasteiger partial charge in [-0.3, -0.25) is 9.36 Å². The molecule has 0 aliphatic rings. The molecule has 1 atom stereocenters. The van der Waals surface area contributed by atoms with Crippen LogP contribution in [0.2, 0.25) is 0 Å². The Bertz CT molecular complexity index is 844. The third-order valence-corrected chi connectivity index (χ3v) is 5.69. The fraction of sp³-hybridized carbons (Fsp3) is 0.417. The third-order valence-electron chi connectivity index (χ3n) is 3.24. The summed E-state index contributed by atoms with van der Waals surface area (Å²) in [4.78, 5) is 29.2. The van der Waals surface area contributed by atoms with Crippen molar-refractivity contribution in [2.75, 3.05) is 6.26 Å². The van der Waals surface area contributed by atoms with Crippen LogP contribution in [0.15, 0.2) is 22.7 Å². The zero-order chi connectivity index (χ0) is 19.8. The topological polar surface area (TPSA) is 147 Å². The van der Waals surface area contributed by atoms with E-state index in [9.17, 15) is 26.6 Å². The molecule has 1 rings (SSSR count). The first-order valence-electron chi connectivity index (χ1n) is 6.51. The predicted octanol–water partition coefficient (Wildman–Crippen LogP) is 1.01. The van der Waals surface area contributed by atoms with Crippen LogP contribution in [0.5, 0.6) is 0 Å². The molecular weight excluding hydrogens is 449 g/mol. The number of hydrogen-bond acceptors (Lipinski definition) is 4. The van der Waals surface area contributed by atoms with Gasteiger partial charge in [0, 0.05) is 16.5 Å². The van der Waals surface area contributed by atoms with Crippen LogP contribution in [0.3, 0.4) is 0 Å². The molecule has 0 aromatic heterocycles. The summed E-state index contributed by atoms with van der Waals surface area (Å²) >= 11 is 2.80. The largest absolute Gasteiger partial charge is 0.399 e. The Morgan fingerprint density at radius 3 is 2.28 bits per heavy atom. The molecule has 1 unspecified atom stereocenters. The van der Waals surface area contributed by atoms with E-state index in [-0.39, 0.29) is 16.5 Å². The van der Waals surface area contributed by atoms with Crippen molar-refractivity contribution in [2.24, 2.45) is 5.73 Å². The molecule has 0 saturated heterocycles. The van der Waals surface area contributed by atoms with Gasteiger partial charge in [0.1, 0.15) is 5.54 Å². The fourth-order valence-corrected chi connectivity index (χ4v) is 4.39. The molecule has 142 valence electrons. The molecule has 0 radical (unpaired) electrons. The van der Waals surface area contributed by atoms with E-state index < -0.39 is 40.3 Å². The Morgan fingerprint density at radius 2 is 1.92 bits per heavy atom. The lowest BCUT2D eigenvalue weighted by molar-refractivity contribution is -0.123. The standard InChI is InChI=1S/C12H16BrF2N2O6PS/c1-11(10(16)18,17-25(2,22)23)6-7-3-4-8(9(13)5-7)12(14,15)24(19,20)21/h3-5,17H,6H2,1-2H3,(H2,16,18)(H2,19,20,21). The summed E-state index contributed by atoms with van der Waals surface area (Å²) < 4.78 is 63.1. The maximum absolute atomic E-state index is 13.8. The van der Waals surface area contributed by atoms with E-state index in [0.29, 0.717) is 0 Å². The van der Waals surface area contributed by atoms with Crippen molar-refractivity contribution in [2.45, 2.75) is 24.5 Å². The van der Waals surface area contributed by atoms with Gasteiger partial charge >= 0.3 is 13.3 Å². The number of primary amides is 1. The fourth-order valence-electron chi connectivity index (χ4n) is 2.06. The van der Waals surface area contributed by atoms with Crippen molar-refractivity contribution < 1.29 is 36.3 Å². The molecule has 13 heteroatoms. The minimum absolute atomic E-state index is 0.231. The molecule has 8 nitrogen and oxygen atoms in total. The summed E-state index contributed by atoms with van der Waals surface area (Å²) in [6.07, 6.45) is 0.559. The van der Waals surface area contributed by atoms with Crippen molar-refractivity contribution in [3.63, 3.8) is 0 Å². The predicted molar refractivity (Wildman–Crippen MR) is 89.4 cm³/mol. The normalized spacial score (nSPS) is 15.6. The highest BCUT2D eigenvalue weighted by molar-refractivity contribution is 9.10. The van der Waals surface area contributed by atoms with E-state index in [1.807, 2.05) is 0 Å². The Morgan fingerprint density at radius 1 is 1.40 bits per heavy atom. The summed E-state index contributed by atoms with van der Waals surface area (Å²) in [6, 6.07) is 2.97. The highest BCUT2D eigenvalue weighted by atomic mass is 79.9. The van der Waals surface area contributed by atoms with Crippen molar-refractivity contribution in [1.82, 2.24) is 4.72 Å². The maximum atomic E-state index is 13.8. The van der Waals surface area contributed by atoms with Crippen LogP contribution in [0, 0.1) is 0 Å². The van der Waals surface area contributed by atoms with Crippen LogP contribution in [0.4, 0.5) is 8.78 Å². The summed E-state index contributed by atoms with van der Waals surface area (Å²) in [5.41, 5.74) is -1.63. The lowest BCUT2D eigenvalue weighted by Gasteiger charge is -2.27. The highest BCUT2D eigenvalue weighted by Crippen LogP contribution is 2.60. The number of hydrogen-bond donors (Lipinski definition) is 4. The van der Waals surface area contributed by atoms with Crippen LogP contribution < -0.4 is 10.5 Å². The lowest BCUT2D eigenvalue weighted by atomic mass is 9.93. The Kier molecular flexibility index (Phi) is 6.21. The molecule has 5 N–H and O–H groups in total. The van der Waals surface area contributed by atoms with Gasteiger partial charge in [0.15, 0.2) is 0 Å². The van der Waals surface area contributed by atoms with E-state index >= 15 is 0 Å². The van der Waals surface area contributed by atoms with Crippen LogP contribution in [-0.4, -0.2) is 35.9 Å². The molecule has 1 amide bonds. The minimum Gasteiger partial charge on any atom is -0.368 e. The van der Waals surface area contributed by atoms with E-state index in [0.717, 1.165) is 24.5 Å². The number of amides is 1. The molecule has 0 aliphatic carbocycles. The summed E-state index contributed by atoms with van der Waals surface area (Å²) in [7, 11) is -9.54. The monoisotopic (exact) mass is 464 g/mol. The molecule has 0 heterocycles. The van der Waals surface area contributed by atoms with E-state index in [1.165, 1.54) is 6.92 Å². The first-order chi connectivity index (χ1) is 11.0. The van der Waals surface area contributed by atoms with Gasteiger partial charge < -0.3 is 15.5 Å². The molecule has 1 aromatic rings. The van der Waals surface area contributed by atoms with Gasteiger partial charge in [-0.1, -0.05) is 28.1 Å². The van der Waals surface area contributed by atoms with Crippen LogP contribution in [-0.2, 0) is 31.5 Å². The molecule has 0 saturated carbocycles. The second-order valence-corrected chi connectivity index (χ2v) is 9.90. The summed E-state index contributed by atoms with van der Waals surface area (Å²) in [5, 5.41) is 0. The van der Waals surface area contributed by atoms with Crippen molar-refractivity contribution in [1.29, 1.82) is 0 Å². The van der Waals surface area contributed by atoms with Gasteiger partial charge in [-0.25, -0.2) is 8.42 Å². The highest BCUT2D eigenvalue weighted by Gasteiger charge is 2.51. The average molecular weight is 465 g/mol. The maximum Gasteiger partial charge on any atom is 0.399 e. The number of sulfonamides is 1. The van der Waals surface area contributed by atoms with Crippen LogP contribution in [0.1, 0.15) is 18.1 Å². The number of nitrogens with two attached hydrogens (primary N) is 1. The van der Waals surface area contributed by atoms with E-state index in [4.69, 9.17) is 15.5 Å². The van der Waals surface area contributed by atoms with Crippen molar-refractivity contribution in [3.8, 4) is 0 Å². The van der Waals surface area contributed by atoms with Gasteiger partial charge in [0.05, 0.1) is 6.26 Å². The number of nitrogens with one attached hydrogen (secondary N) is 1. The average Bonchev–Trinajstić information content (AvgIpc) is 2.34. The quantitative estimate of drug-likeness (QED) is 0.442. The number of benzene rings is 1. The SMILES string of the molecule is CC(Cc1ccc(C(F)(F)P(=O)(O)O)c(Br)c1)(NS(C)(=O)=O)C(N)=O. The summed E-state index contributed by atoms with van der Waals surface area (Å²) in [6.45, 7) is 1.22. The second kappa shape index (κ2) is 7.01. The zero-order valence-electron chi connectivity index (χ0n) is 13.0. The van der Waals surface area contributed by atoms with Gasteiger partial charge in [-0.05, 0) is 18.6 Å². The van der Waals surface area contributed by atoms with Crippen molar-refractivity contribution in [3.05, 3.63) is 33.8 Å². The van der Waals surface area contributed by atoms with E-state index in [1.54, 1.807) is 0 Å². The van der Waals surface area contributed by atoms with Gasteiger partial charge in [0.25, 0.3) is 0 Å². The first kappa shape index (κ1) is 22.1. The molecule has 1 aromatic carbocycles. The smallest absolute Gasteiger partial charge is 0.368 e. The first-order valence-corrected chi connectivity index (χ1v) is 10.8. The number of rotatable bonds is 7. The number of alkyl halides is 2. The van der Waals surface area contributed by atoms with Gasteiger partial charge in [-0.15, -0.1) is 0 Å². The van der Waals surface area contributed by atoms with Crippen LogP contribution >= 0.6 is 23.5 Å². The second-order valence-electron chi connectivity index (χ2n) is 5.65. The van der Waals surface area contributed by atoms with Crippen LogP contribution in [0.25, 0.3) is 0 Å². The molecule has 0 spiro atoms. The molecular formula is C12H16BrF2N2O6PS. The summed E-state index contributed by atoms with van der Waals surface area (Å²) in [5.74, 6) is -0.987. The Balaban J connectivity index is 3.28. The van der Waals surface area contributed by atoms with Gasteiger partial charge in [-0.2, -0.15) is 13.5 Å². The van der Waals surface area contributed by atoms with E-state index in [2.05, 4.69) is 20.7 Å². The number of carbonyl (C=O) groups excluding carboxylic acids is 1. The van der Waals surface area contributed by atoms with Gasteiger partial charge in [0.2, 0.25) is 15.9 Å². The molecule has 25 heavy (non-hydrogen) atoms. The Hall–Kier alpha value is -0.910. The molecule has 0 fully saturated rings. The lowest BCUT2D eigenvalue weighted by Crippen LogP contribution is -2.56.